The minimum absolute atomic E-state index is 0.146. The maximum absolute atomic E-state index is 11.7. The molecule has 1 aromatic carbocycles. The van der Waals surface area contributed by atoms with E-state index in [0.717, 1.165) is 5.56 Å². The Balaban J connectivity index is 2.99. The van der Waals surface area contributed by atoms with Crippen LogP contribution in [0.15, 0.2) is 27.4 Å². The SMILES string of the molecule is Cc1ccc2oc(C)c(N)c(=O)c2c1. The van der Waals surface area contributed by atoms with Gasteiger partial charge in [-0.05, 0) is 26.0 Å². The number of aryl methyl sites for hydroxylation is 2. The Morgan fingerprint density at radius 2 is 2.00 bits per heavy atom. The van der Waals surface area contributed by atoms with Crippen LogP contribution < -0.4 is 11.2 Å². The molecule has 14 heavy (non-hydrogen) atoms. The second kappa shape index (κ2) is 2.87. The molecular formula is C11H11NO2. The quantitative estimate of drug-likeness (QED) is 0.689. The minimum Gasteiger partial charge on any atom is -0.459 e. The zero-order valence-corrected chi connectivity index (χ0v) is 8.13. The summed E-state index contributed by atoms with van der Waals surface area (Å²) in [5, 5.41) is 0.549. The van der Waals surface area contributed by atoms with Crippen molar-refractivity contribution in [3.05, 3.63) is 39.7 Å². The average molecular weight is 189 g/mol. The van der Waals surface area contributed by atoms with Crippen LogP contribution in [-0.2, 0) is 0 Å². The molecule has 0 aliphatic rings. The molecule has 0 spiro atoms. The Labute approximate surface area is 81.1 Å². The van der Waals surface area contributed by atoms with Crippen molar-refractivity contribution in [2.45, 2.75) is 13.8 Å². The van der Waals surface area contributed by atoms with Gasteiger partial charge < -0.3 is 10.2 Å². The molecule has 3 heteroatoms. The number of nitrogens with two attached hydrogens (primary N) is 1. The molecule has 0 unspecified atom stereocenters. The van der Waals surface area contributed by atoms with Crippen LogP contribution >= 0.6 is 0 Å². The highest BCUT2D eigenvalue weighted by Crippen LogP contribution is 2.17. The summed E-state index contributed by atoms with van der Waals surface area (Å²) in [7, 11) is 0. The molecule has 2 aromatic rings. The fraction of sp³-hybridized carbons (Fsp3) is 0.182. The lowest BCUT2D eigenvalue weighted by Gasteiger charge is -2.02. The minimum atomic E-state index is -0.146. The van der Waals surface area contributed by atoms with Crippen molar-refractivity contribution in [1.29, 1.82) is 0 Å². The predicted octanol–water partition coefficient (Wildman–Crippen LogP) is 1.99. The van der Waals surface area contributed by atoms with Gasteiger partial charge in [0.1, 0.15) is 17.0 Å². The summed E-state index contributed by atoms with van der Waals surface area (Å²) < 4.78 is 5.40. The van der Waals surface area contributed by atoms with Crippen LogP contribution in [0.5, 0.6) is 0 Å². The van der Waals surface area contributed by atoms with E-state index < -0.39 is 0 Å². The molecule has 0 amide bonds. The van der Waals surface area contributed by atoms with Crippen LogP contribution in [0.4, 0.5) is 5.69 Å². The van der Waals surface area contributed by atoms with Crippen molar-refractivity contribution in [1.82, 2.24) is 0 Å². The molecule has 0 aliphatic carbocycles. The van der Waals surface area contributed by atoms with E-state index in [2.05, 4.69) is 0 Å². The second-order valence-corrected chi connectivity index (χ2v) is 3.40. The summed E-state index contributed by atoms with van der Waals surface area (Å²) in [5.41, 5.74) is 7.25. The molecular weight excluding hydrogens is 178 g/mol. The molecule has 3 nitrogen and oxygen atoms in total. The monoisotopic (exact) mass is 189 g/mol. The summed E-state index contributed by atoms with van der Waals surface area (Å²) in [6, 6.07) is 5.48. The van der Waals surface area contributed by atoms with Crippen LogP contribution in [0.1, 0.15) is 11.3 Å². The van der Waals surface area contributed by atoms with E-state index in [1.807, 2.05) is 13.0 Å². The first-order valence-electron chi connectivity index (χ1n) is 4.39. The number of benzene rings is 1. The number of hydrogen-bond donors (Lipinski definition) is 1. The number of rotatable bonds is 0. The van der Waals surface area contributed by atoms with Gasteiger partial charge in [-0.2, -0.15) is 0 Å². The third kappa shape index (κ3) is 1.18. The number of fused-ring (bicyclic) bond motifs is 1. The van der Waals surface area contributed by atoms with Gasteiger partial charge in [-0.3, -0.25) is 4.79 Å². The largest absolute Gasteiger partial charge is 0.459 e. The van der Waals surface area contributed by atoms with Gasteiger partial charge in [0.25, 0.3) is 0 Å². The summed E-state index contributed by atoms with van der Waals surface area (Å²) >= 11 is 0. The Hall–Kier alpha value is -1.77. The van der Waals surface area contributed by atoms with E-state index in [4.69, 9.17) is 10.2 Å². The Morgan fingerprint density at radius 3 is 2.71 bits per heavy atom. The van der Waals surface area contributed by atoms with Gasteiger partial charge in [0.15, 0.2) is 0 Å². The standard InChI is InChI=1S/C11H11NO2/c1-6-3-4-9-8(5-6)11(13)10(12)7(2)14-9/h3-5H,12H2,1-2H3. The molecule has 2 rings (SSSR count). The predicted molar refractivity (Wildman–Crippen MR) is 56.4 cm³/mol. The molecule has 2 N–H and O–H groups in total. The first kappa shape index (κ1) is 8.81. The Morgan fingerprint density at radius 1 is 1.29 bits per heavy atom. The maximum atomic E-state index is 11.7. The zero-order chi connectivity index (χ0) is 10.3. The number of nitrogen functional groups attached to an aromatic ring is 1. The molecule has 72 valence electrons. The van der Waals surface area contributed by atoms with Gasteiger partial charge in [-0.1, -0.05) is 11.6 Å². The van der Waals surface area contributed by atoms with E-state index in [1.165, 1.54) is 0 Å². The Bertz CT molecular complexity index is 555. The van der Waals surface area contributed by atoms with E-state index in [-0.39, 0.29) is 11.1 Å². The summed E-state index contributed by atoms with van der Waals surface area (Å²) in [5.74, 6) is 0.478. The topological polar surface area (TPSA) is 56.2 Å². The summed E-state index contributed by atoms with van der Waals surface area (Å²) in [6.07, 6.45) is 0. The van der Waals surface area contributed by atoms with Crippen molar-refractivity contribution in [3.63, 3.8) is 0 Å². The second-order valence-electron chi connectivity index (χ2n) is 3.40. The molecule has 0 atom stereocenters. The first-order chi connectivity index (χ1) is 6.59. The zero-order valence-electron chi connectivity index (χ0n) is 8.13. The third-order valence-electron chi connectivity index (χ3n) is 2.27. The Kier molecular flexibility index (Phi) is 1.81. The van der Waals surface area contributed by atoms with E-state index in [1.54, 1.807) is 19.1 Å². The summed E-state index contributed by atoms with van der Waals surface area (Å²) in [6.45, 7) is 3.62. The number of hydrogen-bond acceptors (Lipinski definition) is 3. The normalized spacial score (nSPS) is 10.7. The molecule has 0 saturated carbocycles. The third-order valence-corrected chi connectivity index (χ3v) is 2.27. The van der Waals surface area contributed by atoms with Gasteiger partial charge in [0.2, 0.25) is 5.43 Å². The van der Waals surface area contributed by atoms with Gasteiger partial charge in [0, 0.05) is 0 Å². The van der Waals surface area contributed by atoms with Gasteiger partial charge in [-0.15, -0.1) is 0 Å². The molecule has 0 saturated heterocycles. The van der Waals surface area contributed by atoms with Crippen molar-refractivity contribution < 1.29 is 4.42 Å². The van der Waals surface area contributed by atoms with Crippen LogP contribution in [-0.4, -0.2) is 0 Å². The smallest absolute Gasteiger partial charge is 0.215 e. The molecule has 0 fully saturated rings. The highest BCUT2D eigenvalue weighted by Gasteiger charge is 2.07. The molecule has 0 bridgehead atoms. The maximum Gasteiger partial charge on any atom is 0.215 e. The van der Waals surface area contributed by atoms with Gasteiger partial charge >= 0.3 is 0 Å². The van der Waals surface area contributed by atoms with Crippen LogP contribution in [0, 0.1) is 13.8 Å². The highest BCUT2D eigenvalue weighted by atomic mass is 16.3. The number of anilines is 1. The molecule has 1 aromatic heterocycles. The fourth-order valence-corrected chi connectivity index (χ4v) is 1.44. The first-order valence-corrected chi connectivity index (χ1v) is 4.39. The highest BCUT2D eigenvalue weighted by molar-refractivity contribution is 5.80. The van der Waals surface area contributed by atoms with Crippen LogP contribution in [0.3, 0.4) is 0 Å². The molecule has 0 aliphatic heterocycles. The summed E-state index contributed by atoms with van der Waals surface area (Å²) in [4.78, 5) is 11.7. The van der Waals surface area contributed by atoms with Crippen molar-refractivity contribution in [2.24, 2.45) is 0 Å². The van der Waals surface area contributed by atoms with Crippen LogP contribution in [0.2, 0.25) is 0 Å². The van der Waals surface area contributed by atoms with Crippen LogP contribution in [0.25, 0.3) is 11.0 Å². The average Bonchev–Trinajstić information content (AvgIpc) is 2.16. The van der Waals surface area contributed by atoms with Crippen molar-refractivity contribution in [3.8, 4) is 0 Å². The lowest BCUT2D eigenvalue weighted by molar-refractivity contribution is 0.568. The van der Waals surface area contributed by atoms with E-state index in [9.17, 15) is 4.79 Å². The molecule has 1 heterocycles. The lowest BCUT2D eigenvalue weighted by atomic mass is 10.1. The van der Waals surface area contributed by atoms with E-state index >= 15 is 0 Å². The van der Waals surface area contributed by atoms with Crippen molar-refractivity contribution >= 4 is 16.7 Å². The molecule has 0 radical (unpaired) electrons. The fourth-order valence-electron chi connectivity index (χ4n) is 1.44. The lowest BCUT2D eigenvalue weighted by Crippen LogP contribution is -2.10. The van der Waals surface area contributed by atoms with Gasteiger partial charge in [0.05, 0.1) is 5.39 Å². The van der Waals surface area contributed by atoms with Crippen molar-refractivity contribution in [2.75, 3.05) is 5.73 Å². The van der Waals surface area contributed by atoms with Gasteiger partial charge in [-0.25, -0.2) is 0 Å². The van der Waals surface area contributed by atoms with E-state index in [0.29, 0.717) is 16.7 Å².